The van der Waals surface area contributed by atoms with Crippen molar-refractivity contribution < 1.29 is 9.46 Å². The first-order valence-electron chi connectivity index (χ1n) is 2.99. The van der Waals surface area contributed by atoms with Gasteiger partial charge >= 0.3 is 0 Å². The lowest BCUT2D eigenvalue weighted by atomic mass is 10.6. The Balaban J connectivity index is 3.99. The van der Waals surface area contributed by atoms with Crippen LogP contribution < -0.4 is 10.4 Å². The number of alkyl halides is 2. The molecular weight excluding hydrogens is 210 g/mol. The molecule has 2 N–H and O–H groups in total. The summed E-state index contributed by atoms with van der Waals surface area (Å²) in [6.07, 6.45) is 0. The van der Waals surface area contributed by atoms with Crippen molar-refractivity contribution in [2.45, 2.75) is 0 Å². The van der Waals surface area contributed by atoms with Crippen molar-refractivity contribution in [3.8, 4) is 0 Å². The van der Waals surface area contributed by atoms with Gasteiger partial charge in [-0.15, -0.1) is 23.2 Å². The predicted molar refractivity (Wildman–Crippen MR) is 44.8 cm³/mol. The van der Waals surface area contributed by atoms with Crippen LogP contribution in [0.2, 0.25) is 0 Å². The van der Waals surface area contributed by atoms with Crippen molar-refractivity contribution in [2.24, 2.45) is 5.50 Å². The zero-order chi connectivity index (χ0) is 8.91. The summed E-state index contributed by atoms with van der Waals surface area (Å²) in [5.74, 6) is 0.445. The molecule has 0 saturated heterocycles. The van der Waals surface area contributed by atoms with Crippen molar-refractivity contribution >= 4 is 30.9 Å². The summed E-state index contributed by atoms with van der Waals surface area (Å²) in [7, 11) is -3.89. The number of halogens is 2. The molecule has 0 heterocycles. The monoisotopic (exact) mass is 219 g/mol. The third-order valence-electron chi connectivity index (χ3n) is 1.08. The van der Waals surface area contributed by atoms with Gasteiger partial charge in [0, 0.05) is 24.8 Å². The van der Waals surface area contributed by atoms with Crippen LogP contribution in [0.1, 0.15) is 0 Å². The van der Waals surface area contributed by atoms with Gasteiger partial charge in [-0.2, -0.15) is 0 Å². The number of hydrogen-bond donors (Lipinski definition) is 1. The molecule has 0 radical (unpaired) electrons. The van der Waals surface area contributed by atoms with E-state index in [0.29, 0.717) is 0 Å². The van der Waals surface area contributed by atoms with E-state index in [-0.39, 0.29) is 24.8 Å². The highest BCUT2D eigenvalue weighted by atomic mass is 35.5. The summed E-state index contributed by atoms with van der Waals surface area (Å²) in [4.78, 5) is 10.7. The second-order valence-electron chi connectivity index (χ2n) is 1.90. The van der Waals surface area contributed by atoms with Crippen LogP contribution in [0.3, 0.4) is 0 Å². The Morgan fingerprint density at radius 2 is 1.73 bits per heavy atom. The van der Waals surface area contributed by atoms with Crippen LogP contribution in [0, 0.1) is 0 Å². The second-order valence-corrected chi connectivity index (χ2v) is 4.35. The minimum absolute atomic E-state index is 0.214. The largest absolute Gasteiger partial charge is 0.776 e. The predicted octanol–water partition coefficient (Wildman–Crippen LogP) is 0.193. The van der Waals surface area contributed by atoms with Crippen LogP contribution in [0.25, 0.3) is 0 Å². The molecule has 0 fully saturated rings. The SMILES string of the molecule is NP(=O)([O-])N(CCCl)CCCl. The van der Waals surface area contributed by atoms with E-state index in [1.54, 1.807) is 0 Å². The third kappa shape index (κ3) is 5.01. The fourth-order valence-electron chi connectivity index (χ4n) is 0.586. The summed E-state index contributed by atoms with van der Waals surface area (Å²) >= 11 is 10.7. The van der Waals surface area contributed by atoms with Crippen LogP contribution >= 0.6 is 30.9 Å². The molecule has 1 unspecified atom stereocenters. The summed E-state index contributed by atoms with van der Waals surface area (Å²) in [6, 6.07) is 0. The fourth-order valence-corrected chi connectivity index (χ4v) is 1.99. The highest BCUT2D eigenvalue weighted by Gasteiger charge is 2.12. The van der Waals surface area contributed by atoms with E-state index in [0.717, 1.165) is 4.67 Å². The highest BCUT2D eigenvalue weighted by molar-refractivity contribution is 7.51. The van der Waals surface area contributed by atoms with Gasteiger partial charge in [0.2, 0.25) is 0 Å². The van der Waals surface area contributed by atoms with Crippen LogP contribution in [-0.4, -0.2) is 29.5 Å². The van der Waals surface area contributed by atoms with Crippen molar-refractivity contribution in [1.82, 2.24) is 4.67 Å². The summed E-state index contributed by atoms with van der Waals surface area (Å²) in [5.41, 5.74) is 4.86. The van der Waals surface area contributed by atoms with E-state index in [2.05, 4.69) is 0 Å². The fraction of sp³-hybridized carbons (Fsp3) is 1.00. The Bertz CT molecular complexity index is 145. The maximum Gasteiger partial charge on any atom is 0.143 e. The maximum absolute atomic E-state index is 10.7. The van der Waals surface area contributed by atoms with Gasteiger partial charge in [-0.05, 0) is 0 Å². The quantitative estimate of drug-likeness (QED) is 0.530. The molecule has 0 aliphatic heterocycles. The Kier molecular flexibility index (Phi) is 5.69. The van der Waals surface area contributed by atoms with Gasteiger partial charge in [0.1, 0.15) is 7.67 Å². The number of hydrogen-bond acceptors (Lipinski definition) is 2. The Morgan fingerprint density at radius 3 is 1.91 bits per heavy atom. The van der Waals surface area contributed by atoms with Crippen molar-refractivity contribution in [1.29, 1.82) is 0 Å². The molecule has 0 spiro atoms. The van der Waals surface area contributed by atoms with Crippen LogP contribution in [0.15, 0.2) is 0 Å². The standard InChI is InChI=1S/C4H11Cl2N2O2P/c5-1-3-8(4-2-6)11(7,9)10/h1-4H2,(H3,7,9,10)/p-1. The van der Waals surface area contributed by atoms with E-state index >= 15 is 0 Å². The molecule has 7 heteroatoms. The van der Waals surface area contributed by atoms with Crippen LogP contribution in [-0.2, 0) is 4.57 Å². The Morgan fingerprint density at radius 1 is 1.36 bits per heavy atom. The van der Waals surface area contributed by atoms with E-state index in [4.69, 9.17) is 28.7 Å². The van der Waals surface area contributed by atoms with Gasteiger partial charge < -0.3 is 9.46 Å². The minimum atomic E-state index is -3.89. The molecule has 11 heavy (non-hydrogen) atoms. The van der Waals surface area contributed by atoms with E-state index in [9.17, 15) is 9.46 Å². The summed E-state index contributed by atoms with van der Waals surface area (Å²) in [5, 5.41) is 0. The highest BCUT2D eigenvalue weighted by Crippen LogP contribution is 2.29. The smallest absolute Gasteiger partial charge is 0.143 e. The lowest BCUT2D eigenvalue weighted by Gasteiger charge is -2.31. The van der Waals surface area contributed by atoms with Gasteiger partial charge in [0.25, 0.3) is 0 Å². The van der Waals surface area contributed by atoms with Crippen molar-refractivity contribution in [3.05, 3.63) is 0 Å². The third-order valence-corrected chi connectivity index (χ3v) is 2.61. The Labute approximate surface area is 75.8 Å². The molecule has 0 rings (SSSR count). The average Bonchev–Trinajstić information content (AvgIpc) is 1.85. The number of nitrogens with zero attached hydrogens (tertiary/aromatic N) is 1. The molecule has 0 amide bonds. The van der Waals surface area contributed by atoms with E-state index in [1.165, 1.54) is 0 Å². The van der Waals surface area contributed by atoms with Crippen molar-refractivity contribution in [2.75, 3.05) is 24.8 Å². The molecule has 0 aromatic heterocycles. The van der Waals surface area contributed by atoms with Gasteiger partial charge in [0.15, 0.2) is 0 Å². The van der Waals surface area contributed by atoms with Gasteiger partial charge in [-0.3, -0.25) is 10.2 Å². The van der Waals surface area contributed by atoms with E-state index in [1.807, 2.05) is 0 Å². The maximum atomic E-state index is 10.7. The molecule has 68 valence electrons. The molecule has 0 aliphatic rings. The van der Waals surface area contributed by atoms with Crippen LogP contribution in [0.4, 0.5) is 0 Å². The van der Waals surface area contributed by atoms with Gasteiger partial charge in [-0.1, -0.05) is 0 Å². The molecule has 0 bridgehead atoms. The van der Waals surface area contributed by atoms with Gasteiger partial charge in [0.05, 0.1) is 0 Å². The molecule has 4 nitrogen and oxygen atoms in total. The normalized spacial score (nSPS) is 16.8. The lowest BCUT2D eigenvalue weighted by molar-refractivity contribution is -0.187. The van der Waals surface area contributed by atoms with E-state index < -0.39 is 7.67 Å². The first-order valence-corrected chi connectivity index (χ1v) is 5.71. The number of rotatable bonds is 5. The lowest BCUT2D eigenvalue weighted by Crippen LogP contribution is -2.33. The molecule has 1 atom stereocenters. The molecular formula is C4H10Cl2N2O2P-. The molecule has 0 aliphatic carbocycles. The zero-order valence-electron chi connectivity index (χ0n) is 5.87. The molecule has 0 aromatic carbocycles. The molecule has 0 saturated carbocycles. The zero-order valence-corrected chi connectivity index (χ0v) is 8.28. The number of nitrogens with two attached hydrogens (primary N) is 1. The van der Waals surface area contributed by atoms with Crippen LogP contribution in [0.5, 0.6) is 0 Å². The summed E-state index contributed by atoms with van der Waals surface area (Å²) < 4.78 is 11.8. The minimum Gasteiger partial charge on any atom is -0.776 e. The van der Waals surface area contributed by atoms with Gasteiger partial charge in [-0.25, -0.2) is 0 Å². The Hall–Kier alpha value is 0.690. The summed E-state index contributed by atoms with van der Waals surface area (Å²) in [6.45, 7) is 0.428. The first kappa shape index (κ1) is 11.7. The first-order chi connectivity index (χ1) is 5.02. The average molecular weight is 220 g/mol. The second kappa shape index (κ2) is 5.36. The topological polar surface area (TPSA) is 69.4 Å². The molecule has 0 aromatic rings. The van der Waals surface area contributed by atoms with Crippen molar-refractivity contribution in [3.63, 3.8) is 0 Å².